The van der Waals surface area contributed by atoms with Crippen molar-refractivity contribution in [2.75, 3.05) is 11.9 Å². The van der Waals surface area contributed by atoms with E-state index in [0.717, 1.165) is 12.2 Å². The summed E-state index contributed by atoms with van der Waals surface area (Å²) in [5.74, 6) is 0.974. The largest absolute Gasteiger partial charge is 0.364 e. The van der Waals surface area contributed by atoms with Gasteiger partial charge in [0.2, 0.25) is 5.82 Å². The number of nitrogens with one attached hydrogen (secondary N) is 1. The van der Waals surface area contributed by atoms with Crippen molar-refractivity contribution in [3.8, 4) is 0 Å². The highest BCUT2D eigenvalue weighted by Gasteiger charge is 2.45. The first-order valence-electron chi connectivity index (χ1n) is 5.76. The second-order valence-electron chi connectivity index (χ2n) is 5.35. The number of anilines is 1. The van der Waals surface area contributed by atoms with Gasteiger partial charge >= 0.3 is 5.69 Å². The number of aromatic nitrogens is 1. The predicted molar refractivity (Wildman–Crippen MR) is 66.0 cm³/mol. The van der Waals surface area contributed by atoms with Gasteiger partial charge in [-0.25, -0.2) is 4.98 Å². The molecule has 1 heterocycles. The Bertz CT molecular complexity index is 457. The fourth-order valence-electron chi connectivity index (χ4n) is 1.97. The Morgan fingerprint density at radius 3 is 2.76 bits per heavy atom. The van der Waals surface area contributed by atoms with Crippen molar-refractivity contribution in [3.05, 3.63) is 27.9 Å². The summed E-state index contributed by atoms with van der Waals surface area (Å²) in [6.07, 6.45) is 1.17. The molecule has 1 aliphatic carbocycles. The maximum absolute atomic E-state index is 10.8. The van der Waals surface area contributed by atoms with Crippen molar-refractivity contribution >= 4 is 11.5 Å². The van der Waals surface area contributed by atoms with Crippen LogP contribution in [0.15, 0.2) is 12.1 Å². The maximum Gasteiger partial charge on any atom is 0.311 e. The number of aryl methyl sites for hydroxylation is 1. The van der Waals surface area contributed by atoms with E-state index in [1.807, 2.05) is 6.92 Å². The molecule has 1 aromatic rings. The normalized spacial score (nSPS) is 21.0. The molecule has 92 valence electrons. The number of hydrogen-bond donors (Lipinski definition) is 1. The lowest BCUT2D eigenvalue weighted by Crippen LogP contribution is -2.10. The van der Waals surface area contributed by atoms with E-state index < -0.39 is 4.92 Å². The van der Waals surface area contributed by atoms with Crippen LogP contribution in [0.5, 0.6) is 0 Å². The van der Waals surface area contributed by atoms with Crippen molar-refractivity contribution in [2.45, 2.75) is 27.2 Å². The average Bonchev–Trinajstić information content (AvgIpc) is 2.83. The second kappa shape index (κ2) is 3.98. The second-order valence-corrected chi connectivity index (χ2v) is 5.35. The molecule has 1 aromatic heterocycles. The lowest BCUT2D eigenvalue weighted by Gasteiger charge is -2.08. The molecule has 1 aliphatic rings. The molecule has 2 rings (SSSR count). The van der Waals surface area contributed by atoms with Crippen LogP contribution in [0.1, 0.15) is 26.0 Å². The first kappa shape index (κ1) is 11.8. The molecule has 0 spiro atoms. The fraction of sp³-hybridized carbons (Fsp3) is 0.583. The minimum atomic E-state index is -0.396. The summed E-state index contributed by atoms with van der Waals surface area (Å²) in [5.41, 5.74) is 1.20. The quantitative estimate of drug-likeness (QED) is 0.643. The molecule has 1 unspecified atom stereocenters. The molecule has 0 radical (unpaired) electrons. The van der Waals surface area contributed by atoms with Crippen molar-refractivity contribution in [1.29, 1.82) is 0 Å². The van der Waals surface area contributed by atoms with Gasteiger partial charge in [0.25, 0.3) is 0 Å². The maximum atomic E-state index is 10.8. The number of hydrogen-bond acceptors (Lipinski definition) is 4. The predicted octanol–water partition coefficient (Wildman–Crippen LogP) is 2.76. The van der Waals surface area contributed by atoms with Gasteiger partial charge in [-0.05, 0) is 30.7 Å². The standard InChI is InChI=1S/C12H17N3O2/c1-8-4-5-10(15(16)17)11(14-8)13-7-9-6-12(9,2)3/h4-5,9H,6-7H2,1-3H3,(H,13,14). The van der Waals surface area contributed by atoms with Crippen LogP contribution >= 0.6 is 0 Å². The zero-order valence-corrected chi connectivity index (χ0v) is 10.4. The van der Waals surface area contributed by atoms with Gasteiger partial charge in [-0.2, -0.15) is 0 Å². The molecule has 0 aromatic carbocycles. The smallest absolute Gasteiger partial charge is 0.311 e. The van der Waals surface area contributed by atoms with Gasteiger partial charge in [0, 0.05) is 18.3 Å². The van der Waals surface area contributed by atoms with E-state index in [4.69, 9.17) is 0 Å². The molecular weight excluding hydrogens is 218 g/mol. The van der Waals surface area contributed by atoms with Crippen LogP contribution in [0.2, 0.25) is 0 Å². The van der Waals surface area contributed by atoms with Gasteiger partial charge in [-0.15, -0.1) is 0 Å². The van der Waals surface area contributed by atoms with Crippen LogP contribution < -0.4 is 5.32 Å². The molecule has 0 aliphatic heterocycles. The van der Waals surface area contributed by atoms with Crippen LogP contribution in [-0.4, -0.2) is 16.5 Å². The third kappa shape index (κ3) is 2.54. The summed E-state index contributed by atoms with van der Waals surface area (Å²) < 4.78 is 0. The lowest BCUT2D eigenvalue weighted by molar-refractivity contribution is -0.384. The van der Waals surface area contributed by atoms with Crippen LogP contribution in [0.4, 0.5) is 11.5 Å². The Morgan fingerprint density at radius 2 is 2.24 bits per heavy atom. The number of nitrogens with zero attached hydrogens (tertiary/aromatic N) is 2. The molecule has 1 saturated carbocycles. The van der Waals surface area contributed by atoms with Gasteiger partial charge in [0.1, 0.15) is 0 Å². The minimum Gasteiger partial charge on any atom is -0.364 e. The Morgan fingerprint density at radius 1 is 1.59 bits per heavy atom. The molecular formula is C12H17N3O2. The first-order chi connectivity index (χ1) is 7.90. The highest BCUT2D eigenvalue weighted by Crippen LogP contribution is 2.51. The summed E-state index contributed by atoms with van der Waals surface area (Å²) in [5, 5.41) is 13.9. The van der Waals surface area contributed by atoms with Gasteiger partial charge < -0.3 is 5.32 Å². The molecule has 17 heavy (non-hydrogen) atoms. The van der Waals surface area contributed by atoms with Crippen LogP contribution in [0.3, 0.4) is 0 Å². The van der Waals surface area contributed by atoms with Crippen molar-refractivity contribution in [2.24, 2.45) is 11.3 Å². The van der Waals surface area contributed by atoms with E-state index in [1.54, 1.807) is 6.07 Å². The summed E-state index contributed by atoms with van der Waals surface area (Å²) in [7, 11) is 0. The summed E-state index contributed by atoms with van der Waals surface area (Å²) in [6.45, 7) is 7.00. The zero-order chi connectivity index (χ0) is 12.6. The fourth-order valence-corrected chi connectivity index (χ4v) is 1.97. The van der Waals surface area contributed by atoms with Crippen molar-refractivity contribution in [1.82, 2.24) is 4.98 Å². The molecule has 1 atom stereocenters. The van der Waals surface area contributed by atoms with Gasteiger partial charge in [-0.1, -0.05) is 13.8 Å². The Kier molecular flexibility index (Phi) is 2.77. The van der Waals surface area contributed by atoms with E-state index in [1.165, 1.54) is 12.5 Å². The SMILES string of the molecule is Cc1ccc([N+](=O)[O-])c(NCC2CC2(C)C)n1. The van der Waals surface area contributed by atoms with E-state index in [-0.39, 0.29) is 5.69 Å². The summed E-state index contributed by atoms with van der Waals surface area (Å²) in [4.78, 5) is 14.6. The lowest BCUT2D eigenvalue weighted by atomic mass is 10.1. The van der Waals surface area contributed by atoms with Crippen molar-refractivity contribution in [3.63, 3.8) is 0 Å². The van der Waals surface area contributed by atoms with Crippen LogP contribution in [0.25, 0.3) is 0 Å². The average molecular weight is 235 g/mol. The number of nitro groups is 1. The third-order valence-electron chi connectivity index (χ3n) is 3.44. The van der Waals surface area contributed by atoms with Crippen molar-refractivity contribution < 1.29 is 4.92 Å². The molecule has 0 saturated heterocycles. The number of rotatable bonds is 4. The minimum absolute atomic E-state index is 0.0501. The molecule has 0 amide bonds. The Balaban J connectivity index is 2.09. The first-order valence-corrected chi connectivity index (χ1v) is 5.76. The van der Waals surface area contributed by atoms with Gasteiger partial charge in [-0.3, -0.25) is 10.1 Å². The van der Waals surface area contributed by atoms with E-state index in [2.05, 4.69) is 24.1 Å². The molecule has 1 N–H and O–H groups in total. The highest BCUT2D eigenvalue weighted by molar-refractivity contribution is 5.56. The van der Waals surface area contributed by atoms with Gasteiger partial charge in [0.15, 0.2) is 0 Å². The third-order valence-corrected chi connectivity index (χ3v) is 3.44. The summed E-state index contributed by atoms with van der Waals surface area (Å²) >= 11 is 0. The van der Waals surface area contributed by atoms with Crippen LogP contribution in [-0.2, 0) is 0 Å². The zero-order valence-electron chi connectivity index (χ0n) is 10.4. The molecule has 5 heteroatoms. The van der Waals surface area contributed by atoms with E-state index in [9.17, 15) is 10.1 Å². The monoisotopic (exact) mass is 235 g/mol. The summed E-state index contributed by atoms with van der Waals surface area (Å²) in [6, 6.07) is 3.16. The molecule has 0 bridgehead atoms. The Hall–Kier alpha value is -1.65. The topological polar surface area (TPSA) is 68.1 Å². The Labute approximate surface area is 100 Å². The number of pyridine rings is 1. The van der Waals surface area contributed by atoms with Crippen LogP contribution in [0, 0.1) is 28.4 Å². The van der Waals surface area contributed by atoms with Gasteiger partial charge in [0.05, 0.1) is 4.92 Å². The van der Waals surface area contributed by atoms with E-state index in [0.29, 0.717) is 17.2 Å². The van der Waals surface area contributed by atoms with E-state index >= 15 is 0 Å². The highest BCUT2D eigenvalue weighted by atomic mass is 16.6. The molecule has 1 fully saturated rings. The molecule has 5 nitrogen and oxygen atoms in total.